The Kier molecular flexibility index (Phi) is 5.50. The van der Waals surface area contributed by atoms with Crippen LogP contribution in [0.2, 0.25) is 0 Å². The Balaban J connectivity index is 2.34. The fraction of sp³-hybridized carbons (Fsp3) is 0.500. The van der Waals surface area contributed by atoms with Crippen LogP contribution in [0.25, 0.3) is 0 Å². The molecular formula is C12H19N3O. The number of pyridine rings is 1. The number of carbonyl (C=O) groups is 1. The summed E-state index contributed by atoms with van der Waals surface area (Å²) in [6.07, 6.45) is 4.93. The van der Waals surface area contributed by atoms with E-state index in [4.69, 9.17) is 0 Å². The van der Waals surface area contributed by atoms with E-state index in [2.05, 4.69) is 15.6 Å². The van der Waals surface area contributed by atoms with Crippen molar-refractivity contribution in [2.24, 2.45) is 0 Å². The molecule has 1 amide bonds. The highest BCUT2D eigenvalue weighted by atomic mass is 16.1. The van der Waals surface area contributed by atoms with Gasteiger partial charge in [0.05, 0.1) is 6.04 Å². The van der Waals surface area contributed by atoms with Crippen molar-refractivity contribution in [3.8, 4) is 0 Å². The number of carbonyl (C=O) groups excluding carboxylic acids is 1. The van der Waals surface area contributed by atoms with E-state index in [0.29, 0.717) is 6.42 Å². The molecule has 88 valence electrons. The van der Waals surface area contributed by atoms with Crippen LogP contribution in [0, 0.1) is 0 Å². The Morgan fingerprint density at radius 3 is 3.00 bits per heavy atom. The standard InChI is InChI=1S/C12H19N3O/c1-10(11-5-3-8-14-9-11)15-12(16)6-4-7-13-2/h3,5,8-10,13H,4,6-7H2,1-2H3,(H,15,16)/t10-/m0/s1. The highest BCUT2D eigenvalue weighted by Gasteiger charge is 2.08. The predicted octanol–water partition coefficient (Wildman–Crippen LogP) is 1.26. The Labute approximate surface area is 96.5 Å². The summed E-state index contributed by atoms with van der Waals surface area (Å²) in [5, 5.41) is 5.97. The zero-order chi connectivity index (χ0) is 11.8. The third-order valence-electron chi connectivity index (χ3n) is 2.39. The lowest BCUT2D eigenvalue weighted by Gasteiger charge is -2.13. The van der Waals surface area contributed by atoms with E-state index in [0.717, 1.165) is 18.5 Å². The first kappa shape index (κ1) is 12.6. The van der Waals surface area contributed by atoms with Gasteiger partial charge in [0.25, 0.3) is 0 Å². The van der Waals surface area contributed by atoms with Gasteiger partial charge >= 0.3 is 0 Å². The molecule has 0 aliphatic rings. The number of hydrogen-bond acceptors (Lipinski definition) is 3. The van der Waals surface area contributed by atoms with E-state index < -0.39 is 0 Å². The zero-order valence-corrected chi connectivity index (χ0v) is 9.86. The minimum Gasteiger partial charge on any atom is -0.350 e. The largest absolute Gasteiger partial charge is 0.350 e. The molecule has 4 nitrogen and oxygen atoms in total. The van der Waals surface area contributed by atoms with Crippen LogP contribution >= 0.6 is 0 Å². The van der Waals surface area contributed by atoms with Gasteiger partial charge in [-0.15, -0.1) is 0 Å². The summed E-state index contributed by atoms with van der Waals surface area (Å²) in [5.74, 6) is 0.0894. The van der Waals surface area contributed by atoms with E-state index in [1.807, 2.05) is 26.1 Å². The molecule has 1 rings (SSSR count). The van der Waals surface area contributed by atoms with Crippen molar-refractivity contribution in [1.82, 2.24) is 15.6 Å². The Morgan fingerprint density at radius 1 is 1.56 bits per heavy atom. The number of aromatic nitrogens is 1. The monoisotopic (exact) mass is 221 g/mol. The maximum atomic E-state index is 11.5. The first-order valence-electron chi connectivity index (χ1n) is 5.58. The summed E-state index contributed by atoms with van der Waals surface area (Å²) in [4.78, 5) is 15.6. The third-order valence-corrected chi connectivity index (χ3v) is 2.39. The molecule has 0 aliphatic heterocycles. The Bertz CT molecular complexity index is 313. The third kappa shape index (κ3) is 4.40. The topological polar surface area (TPSA) is 54.0 Å². The van der Waals surface area contributed by atoms with Crippen LogP contribution in [-0.4, -0.2) is 24.5 Å². The summed E-state index contributed by atoms with van der Waals surface area (Å²) in [6.45, 7) is 2.83. The number of hydrogen-bond donors (Lipinski definition) is 2. The lowest BCUT2D eigenvalue weighted by Crippen LogP contribution is -2.27. The van der Waals surface area contributed by atoms with E-state index in [9.17, 15) is 4.79 Å². The molecule has 0 aromatic carbocycles. The molecule has 0 radical (unpaired) electrons. The van der Waals surface area contributed by atoms with Crippen molar-refractivity contribution in [1.29, 1.82) is 0 Å². The van der Waals surface area contributed by atoms with E-state index in [1.165, 1.54) is 0 Å². The fourth-order valence-electron chi connectivity index (χ4n) is 1.45. The molecule has 2 N–H and O–H groups in total. The van der Waals surface area contributed by atoms with E-state index in [1.54, 1.807) is 12.4 Å². The molecule has 0 saturated heterocycles. The van der Waals surface area contributed by atoms with Gasteiger partial charge in [0.15, 0.2) is 0 Å². The molecule has 1 heterocycles. The molecule has 0 aliphatic carbocycles. The maximum absolute atomic E-state index is 11.5. The highest BCUT2D eigenvalue weighted by Crippen LogP contribution is 2.09. The minimum atomic E-state index is 0.0239. The van der Waals surface area contributed by atoms with Crippen LogP contribution in [0.4, 0.5) is 0 Å². The zero-order valence-electron chi connectivity index (χ0n) is 9.86. The van der Waals surface area contributed by atoms with Gasteiger partial charge in [-0.1, -0.05) is 6.07 Å². The molecule has 1 aromatic rings. The average molecular weight is 221 g/mol. The van der Waals surface area contributed by atoms with Gasteiger partial charge in [-0.25, -0.2) is 0 Å². The van der Waals surface area contributed by atoms with Crippen molar-refractivity contribution < 1.29 is 4.79 Å². The second-order valence-corrected chi connectivity index (χ2v) is 3.78. The predicted molar refractivity (Wildman–Crippen MR) is 64.0 cm³/mol. The van der Waals surface area contributed by atoms with Gasteiger partial charge in [0.2, 0.25) is 5.91 Å². The molecule has 1 aromatic heterocycles. The van der Waals surface area contributed by atoms with Crippen LogP contribution in [0.3, 0.4) is 0 Å². The van der Waals surface area contributed by atoms with Gasteiger partial charge < -0.3 is 10.6 Å². The lowest BCUT2D eigenvalue weighted by atomic mass is 10.1. The molecule has 0 bridgehead atoms. The minimum absolute atomic E-state index is 0.0239. The average Bonchev–Trinajstić information content (AvgIpc) is 2.30. The van der Waals surface area contributed by atoms with Crippen molar-refractivity contribution >= 4 is 5.91 Å². The summed E-state index contributed by atoms with van der Waals surface area (Å²) in [7, 11) is 1.89. The van der Waals surface area contributed by atoms with Gasteiger partial charge in [-0.2, -0.15) is 0 Å². The fourth-order valence-corrected chi connectivity index (χ4v) is 1.45. The summed E-state index contributed by atoms with van der Waals surface area (Å²) in [5.41, 5.74) is 1.03. The number of rotatable bonds is 6. The van der Waals surface area contributed by atoms with Gasteiger partial charge in [-0.05, 0) is 38.6 Å². The SMILES string of the molecule is CNCCCC(=O)N[C@@H](C)c1cccnc1. The lowest BCUT2D eigenvalue weighted by molar-refractivity contribution is -0.121. The Morgan fingerprint density at radius 2 is 2.38 bits per heavy atom. The van der Waals surface area contributed by atoms with Crippen LogP contribution in [-0.2, 0) is 4.79 Å². The highest BCUT2D eigenvalue weighted by molar-refractivity contribution is 5.76. The van der Waals surface area contributed by atoms with Crippen LogP contribution in [0.15, 0.2) is 24.5 Å². The summed E-state index contributed by atoms with van der Waals surface area (Å²) < 4.78 is 0. The second-order valence-electron chi connectivity index (χ2n) is 3.78. The van der Waals surface area contributed by atoms with Crippen molar-refractivity contribution in [3.63, 3.8) is 0 Å². The van der Waals surface area contributed by atoms with E-state index in [-0.39, 0.29) is 11.9 Å². The quantitative estimate of drug-likeness (QED) is 0.711. The molecular weight excluding hydrogens is 202 g/mol. The smallest absolute Gasteiger partial charge is 0.220 e. The molecule has 0 fully saturated rings. The Hall–Kier alpha value is -1.42. The van der Waals surface area contributed by atoms with Crippen molar-refractivity contribution in [2.45, 2.75) is 25.8 Å². The van der Waals surface area contributed by atoms with Crippen LogP contribution < -0.4 is 10.6 Å². The molecule has 16 heavy (non-hydrogen) atoms. The summed E-state index contributed by atoms with van der Waals surface area (Å²) in [6, 6.07) is 3.86. The summed E-state index contributed by atoms with van der Waals surface area (Å²) >= 11 is 0. The first-order chi connectivity index (χ1) is 7.74. The molecule has 0 unspecified atom stereocenters. The van der Waals surface area contributed by atoms with Gasteiger partial charge in [-0.3, -0.25) is 9.78 Å². The molecule has 4 heteroatoms. The number of nitrogens with one attached hydrogen (secondary N) is 2. The van der Waals surface area contributed by atoms with Crippen LogP contribution in [0.1, 0.15) is 31.4 Å². The maximum Gasteiger partial charge on any atom is 0.220 e. The number of nitrogens with zero attached hydrogens (tertiary/aromatic N) is 1. The molecule has 0 saturated carbocycles. The first-order valence-corrected chi connectivity index (χ1v) is 5.58. The normalized spacial score (nSPS) is 12.1. The molecule has 0 spiro atoms. The molecule has 1 atom stereocenters. The van der Waals surface area contributed by atoms with Crippen LogP contribution in [0.5, 0.6) is 0 Å². The van der Waals surface area contributed by atoms with Gasteiger partial charge in [0.1, 0.15) is 0 Å². The van der Waals surface area contributed by atoms with Crippen molar-refractivity contribution in [3.05, 3.63) is 30.1 Å². The second kappa shape index (κ2) is 6.95. The number of amides is 1. The van der Waals surface area contributed by atoms with E-state index >= 15 is 0 Å². The van der Waals surface area contributed by atoms with Gasteiger partial charge in [0, 0.05) is 18.8 Å². The van der Waals surface area contributed by atoms with Crippen molar-refractivity contribution in [2.75, 3.05) is 13.6 Å².